The van der Waals surface area contributed by atoms with Gasteiger partial charge in [0, 0.05) is 5.75 Å². The normalized spacial score (nSPS) is 10.7. The van der Waals surface area contributed by atoms with Crippen LogP contribution in [-0.2, 0) is 0 Å². The van der Waals surface area contributed by atoms with E-state index in [1.807, 2.05) is 36.4 Å². The Labute approximate surface area is 139 Å². The highest BCUT2D eigenvalue weighted by Gasteiger charge is 2.11. The minimum absolute atomic E-state index is 0.606. The van der Waals surface area contributed by atoms with Crippen LogP contribution >= 0.6 is 11.8 Å². The van der Waals surface area contributed by atoms with E-state index in [2.05, 4.69) is 41.5 Å². The molecule has 0 amide bonds. The molecule has 5 nitrogen and oxygen atoms in total. The molecule has 3 rings (SSSR count). The molecular weight excluding hydrogens is 308 g/mol. The number of hydrogen-bond donors (Lipinski definition) is 0. The molecule has 2 aromatic carbocycles. The topological polar surface area (TPSA) is 52.8 Å². The quantitative estimate of drug-likeness (QED) is 0.513. The van der Waals surface area contributed by atoms with Crippen LogP contribution in [0.3, 0.4) is 0 Å². The number of tetrazole rings is 1. The average molecular weight is 326 g/mol. The SMILES string of the molecule is Cc1ccc(-n2nnnc2SCCOc2ccccc2)c(C)c1. The summed E-state index contributed by atoms with van der Waals surface area (Å²) in [5, 5.41) is 12.8. The van der Waals surface area contributed by atoms with Crippen molar-refractivity contribution in [3.05, 3.63) is 59.7 Å². The lowest BCUT2D eigenvalue weighted by Crippen LogP contribution is -2.04. The molecule has 1 heterocycles. The Morgan fingerprint density at radius 2 is 1.91 bits per heavy atom. The number of benzene rings is 2. The number of aryl methyl sites for hydroxylation is 2. The molecule has 0 aliphatic carbocycles. The second kappa shape index (κ2) is 7.28. The highest BCUT2D eigenvalue weighted by molar-refractivity contribution is 7.99. The standard InChI is InChI=1S/C17H18N4OS/c1-13-8-9-16(14(2)12-13)21-17(18-19-20-21)23-11-10-22-15-6-4-3-5-7-15/h3-9,12H,10-11H2,1-2H3. The summed E-state index contributed by atoms with van der Waals surface area (Å²) in [6, 6.07) is 16.0. The molecule has 0 unspecified atom stereocenters. The Morgan fingerprint density at radius 1 is 1.09 bits per heavy atom. The summed E-state index contributed by atoms with van der Waals surface area (Å²) in [6.07, 6.45) is 0. The Balaban J connectivity index is 1.62. The van der Waals surface area contributed by atoms with Gasteiger partial charge in [-0.3, -0.25) is 0 Å². The van der Waals surface area contributed by atoms with E-state index in [9.17, 15) is 0 Å². The number of thioether (sulfide) groups is 1. The first kappa shape index (κ1) is 15.6. The van der Waals surface area contributed by atoms with Gasteiger partial charge in [0.05, 0.1) is 12.3 Å². The van der Waals surface area contributed by atoms with E-state index in [4.69, 9.17) is 4.74 Å². The first-order chi connectivity index (χ1) is 11.2. The first-order valence-electron chi connectivity index (χ1n) is 7.41. The average Bonchev–Trinajstić information content (AvgIpc) is 3.01. The predicted molar refractivity (Wildman–Crippen MR) is 91.3 cm³/mol. The van der Waals surface area contributed by atoms with E-state index in [-0.39, 0.29) is 0 Å². The molecule has 0 spiro atoms. The Bertz CT molecular complexity index is 773. The van der Waals surface area contributed by atoms with Gasteiger partial charge < -0.3 is 4.74 Å². The molecule has 6 heteroatoms. The fourth-order valence-corrected chi connectivity index (χ4v) is 2.97. The molecule has 0 saturated heterocycles. The maximum Gasteiger partial charge on any atom is 0.214 e. The van der Waals surface area contributed by atoms with Crippen LogP contribution in [0.1, 0.15) is 11.1 Å². The minimum atomic E-state index is 0.606. The van der Waals surface area contributed by atoms with Crippen LogP contribution in [0.2, 0.25) is 0 Å². The van der Waals surface area contributed by atoms with E-state index >= 15 is 0 Å². The van der Waals surface area contributed by atoms with E-state index < -0.39 is 0 Å². The third-order valence-corrected chi connectivity index (χ3v) is 4.23. The maximum absolute atomic E-state index is 5.69. The Kier molecular flexibility index (Phi) is 4.92. The van der Waals surface area contributed by atoms with Crippen molar-refractivity contribution in [3.63, 3.8) is 0 Å². The zero-order chi connectivity index (χ0) is 16.1. The molecule has 0 aliphatic rings. The van der Waals surface area contributed by atoms with Crippen molar-refractivity contribution >= 4 is 11.8 Å². The molecular formula is C17H18N4OS. The number of rotatable bonds is 6. The van der Waals surface area contributed by atoms with Gasteiger partial charge in [0.1, 0.15) is 5.75 Å². The predicted octanol–water partition coefficient (Wildman–Crippen LogP) is 3.45. The molecule has 0 aliphatic heterocycles. The largest absolute Gasteiger partial charge is 0.493 e. The van der Waals surface area contributed by atoms with Gasteiger partial charge in [-0.15, -0.1) is 5.10 Å². The molecule has 0 atom stereocenters. The lowest BCUT2D eigenvalue weighted by atomic mass is 10.1. The first-order valence-corrected chi connectivity index (χ1v) is 8.39. The van der Waals surface area contributed by atoms with Gasteiger partial charge in [0.2, 0.25) is 5.16 Å². The fraction of sp³-hybridized carbons (Fsp3) is 0.235. The van der Waals surface area contributed by atoms with Gasteiger partial charge in [-0.2, -0.15) is 4.68 Å². The zero-order valence-electron chi connectivity index (χ0n) is 13.1. The number of nitrogens with zero attached hydrogens (tertiary/aromatic N) is 4. The second-order valence-electron chi connectivity index (χ2n) is 5.17. The van der Waals surface area contributed by atoms with Crippen LogP contribution in [0, 0.1) is 13.8 Å². The highest BCUT2D eigenvalue weighted by atomic mass is 32.2. The number of para-hydroxylation sites is 1. The summed E-state index contributed by atoms with van der Waals surface area (Å²) in [7, 11) is 0. The third kappa shape index (κ3) is 3.90. The third-order valence-electron chi connectivity index (χ3n) is 3.35. The molecule has 118 valence electrons. The lowest BCUT2D eigenvalue weighted by molar-refractivity contribution is 0.344. The monoisotopic (exact) mass is 326 g/mol. The summed E-state index contributed by atoms with van der Waals surface area (Å²) in [6.45, 7) is 4.75. The van der Waals surface area contributed by atoms with Crippen molar-refractivity contribution in [1.29, 1.82) is 0 Å². The number of hydrogen-bond acceptors (Lipinski definition) is 5. The van der Waals surface area contributed by atoms with Gasteiger partial charge in [-0.1, -0.05) is 47.7 Å². The maximum atomic E-state index is 5.69. The van der Waals surface area contributed by atoms with E-state index in [1.165, 1.54) is 5.56 Å². The molecule has 0 N–H and O–H groups in total. The van der Waals surface area contributed by atoms with Crippen LogP contribution in [0.4, 0.5) is 0 Å². The second-order valence-corrected chi connectivity index (χ2v) is 6.24. The van der Waals surface area contributed by atoms with Gasteiger partial charge in [0.25, 0.3) is 0 Å². The van der Waals surface area contributed by atoms with Crippen LogP contribution in [0.15, 0.2) is 53.7 Å². The van der Waals surface area contributed by atoms with E-state index in [1.54, 1.807) is 16.4 Å². The van der Waals surface area contributed by atoms with E-state index in [0.29, 0.717) is 6.61 Å². The number of ether oxygens (including phenoxy) is 1. The van der Waals surface area contributed by atoms with Crippen molar-refractivity contribution in [2.45, 2.75) is 19.0 Å². The van der Waals surface area contributed by atoms with Crippen molar-refractivity contribution in [2.75, 3.05) is 12.4 Å². The molecule has 3 aromatic rings. The van der Waals surface area contributed by atoms with Crippen molar-refractivity contribution < 1.29 is 4.74 Å². The smallest absolute Gasteiger partial charge is 0.214 e. The summed E-state index contributed by atoms with van der Waals surface area (Å²) in [5.74, 6) is 1.65. The van der Waals surface area contributed by atoms with Crippen LogP contribution in [0.5, 0.6) is 5.75 Å². The molecule has 23 heavy (non-hydrogen) atoms. The summed E-state index contributed by atoms with van der Waals surface area (Å²) >= 11 is 1.58. The summed E-state index contributed by atoms with van der Waals surface area (Å²) in [5.41, 5.74) is 3.39. The molecule has 0 fully saturated rings. The van der Waals surface area contributed by atoms with Crippen LogP contribution in [0.25, 0.3) is 5.69 Å². The lowest BCUT2D eigenvalue weighted by Gasteiger charge is -2.09. The summed E-state index contributed by atoms with van der Waals surface area (Å²) < 4.78 is 7.47. The van der Waals surface area contributed by atoms with Crippen LogP contribution < -0.4 is 4.74 Å². The van der Waals surface area contributed by atoms with Gasteiger partial charge in [-0.25, -0.2) is 0 Å². The van der Waals surface area contributed by atoms with Gasteiger partial charge in [0.15, 0.2) is 0 Å². The van der Waals surface area contributed by atoms with E-state index in [0.717, 1.165) is 27.9 Å². The van der Waals surface area contributed by atoms with Gasteiger partial charge >= 0.3 is 0 Å². The molecule has 0 saturated carbocycles. The Morgan fingerprint density at radius 3 is 2.70 bits per heavy atom. The van der Waals surface area contributed by atoms with Crippen molar-refractivity contribution in [2.24, 2.45) is 0 Å². The minimum Gasteiger partial charge on any atom is -0.493 e. The number of aromatic nitrogens is 4. The molecule has 0 radical (unpaired) electrons. The molecule has 0 bridgehead atoms. The molecule has 1 aromatic heterocycles. The van der Waals surface area contributed by atoms with Gasteiger partial charge in [-0.05, 0) is 48.0 Å². The Hall–Kier alpha value is -2.34. The van der Waals surface area contributed by atoms with Crippen LogP contribution in [-0.4, -0.2) is 32.6 Å². The zero-order valence-corrected chi connectivity index (χ0v) is 14.0. The van der Waals surface area contributed by atoms with Crippen molar-refractivity contribution in [1.82, 2.24) is 20.2 Å². The van der Waals surface area contributed by atoms with Crippen molar-refractivity contribution in [3.8, 4) is 11.4 Å². The summed E-state index contributed by atoms with van der Waals surface area (Å²) in [4.78, 5) is 0. The fourth-order valence-electron chi connectivity index (χ4n) is 2.27. The highest BCUT2D eigenvalue weighted by Crippen LogP contribution is 2.21.